The number of rotatable bonds is 7. The van der Waals surface area contributed by atoms with Crippen LogP contribution < -0.4 is 15.8 Å². The number of hydrogen-bond donors (Lipinski definition) is 3. The number of aliphatic hydroxyl groups is 1. The summed E-state index contributed by atoms with van der Waals surface area (Å²) in [5, 5.41) is 14.4. The average molecular weight is 529 g/mol. The largest absolute Gasteiger partial charge is 0.457 e. The molecule has 3 atom stereocenters. The highest BCUT2D eigenvalue weighted by Crippen LogP contribution is 2.38. The van der Waals surface area contributed by atoms with E-state index in [1.807, 2.05) is 42.5 Å². The maximum atomic E-state index is 10.2. The Morgan fingerprint density at radius 2 is 1.72 bits per heavy atom. The van der Waals surface area contributed by atoms with Crippen LogP contribution in [-0.4, -0.2) is 69.7 Å². The van der Waals surface area contributed by atoms with Crippen molar-refractivity contribution in [2.75, 3.05) is 32.5 Å². The van der Waals surface area contributed by atoms with Crippen molar-refractivity contribution >= 4 is 16.9 Å². The summed E-state index contributed by atoms with van der Waals surface area (Å²) in [4.78, 5) is 11.6. The Hall–Kier alpha value is -3.50. The van der Waals surface area contributed by atoms with Crippen molar-refractivity contribution < 1.29 is 14.6 Å². The molecule has 2 aromatic carbocycles. The second-order valence-corrected chi connectivity index (χ2v) is 10.5. The van der Waals surface area contributed by atoms with Crippen LogP contribution in [0, 0.1) is 0 Å². The Labute approximate surface area is 228 Å². The number of fused-ring (bicyclic) bond motifs is 1. The zero-order valence-corrected chi connectivity index (χ0v) is 22.2. The molecule has 2 aliphatic rings. The molecule has 9 nitrogen and oxygen atoms in total. The lowest BCUT2D eigenvalue weighted by molar-refractivity contribution is -0.107. The van der Waals surface area contributed by atoms with E-state index in [1.54, 1.807) is 13.4 Å². The number of para-hydroxylation sites is 1. The van der Waals surface area contributed by atoms with Crippen LogP contribution in [0.25, 0.3) is 22.2 Å². The van der Waals surface area contributed by atoms with Crippen LogP contribution in [0.15, 0.2) is 67.1 Å². The van der Waals surface area contributed by atoms with Crippen LogP contribution in [0.5, 0.6) is 11.5 Å². The number of ether oxygens (including phenoxy) is 2. The lowest BCUT2D eigenvalue weighted by atomic mass is 9.94. The van der Waals surface area contributed by atoms with Crippen molar-refractivity contribution in [2.24, 2.45) is 0 Å². The highest BCUT2D eigenvalue weighted by molar-refractivity contribution is 6.00. The fourth-order valence-electron chi connectivity index (χ4n) is 6.10. The van der Waals surface area contributed by atoms with E-state index in [2.05, 4.69) is 43.1 Å². The molecular weight excluding hydrogens is 492 g/mol. The molecule has 4 N–H and O–H groups in total. The van der Waals surface area contributed by atoms with Gasteiger partial charge in [-0.1, -0.05) is 30.3 Å². The number of likely N-dealkylation sites (tertiary alicyclic amines) is 1. The van der Waals surface area contributed by atoms with E-state index in [1.165, 1.54) is 0 Å². The quantitative estimate of drug-likeness (QED) is 0.306. The fraction of sp³-hybridized carbons (Fsp3) is 0.400. The zero-order chi connectivity index (χ0) is 26.8. The first kappa shape index (κ1) is 25.8. The number of hydrogen-bond acceptors (Lipinski definition) is 8. The molecule has 9 heteroatoms. The number of aliphatic hydroxyl groups excluding tert-OH is 1. The van der Waals surface area contributed by atoms with Gasteiger partial charge in [-0.25, -0.2) is 9.97 Å². The van der Waals surface area contributed by atoms with Gasteiger partial charge in [-0.15, -0.1) is 0 Å². The predicted octanol–water partition coefficient (Wildman–Crippen LogP) is 4.20. The van der Waals surface area contributed by atoms with Gasteiger partial charge in [0, 0.05) is 44.0 Å². The number of benzene rings is 2. The average Bonchev–Trinajstić information content (AvgIpc) is 3.39. The third kappa shape index (κ3) is 5.35. The number of methoxy groups -OCH3 is 1. The van der Waals surface area contributed by atoms with Crippen molar-refractivity contribution in [1.82, 2.24) is 24.8 Å². The van der Waals surface area contributed by atoms with E-state index in [0.29, 0.717) is 17.9 Å². The number of nitrogen functional groups attached to an aromatic ring is 1. The number of piperidine rings is 2. The molecule has 4 heterocycles. The Morgan fingerprint density at radius 3 is 2.46 bits per heavy atom. The van der Waals surface area contributed by atoms with Crippen molar-refractivity contribution in [3.63, 3.8) is 0 Å². The van der Waals surface area contributed by atoms with Gasteiger partial charge in [0.05, 0.1) is 11.4 Å². The summed E-state index contributed by atoms with van der Waals surface area (Å²) in [5.41, 5.74) is 9.37. The number of anilines is 1. The van der Waals surface area contributed by atoms with Gasteiger partial charge in [0.1, 0.15) is 29.3 Å². The molecule has 0 radical (unpaired) electrons. The molecule has 0 aliphatic carbocycles. The van der Waals surface area contributed by atoms with E-state index in [-0.39, 0.29) is 6.04 Å². The van der Waals surface area contributed by atoms with Crippen LogP contribution in [0.1, 0.15) is 31.7 Å². The Morgan fingerprint density at radius 1 is 0.974 bits per heavy atom. The van der Waals surface area contributed by atoms with Gasteiger partial charge < -0.3 is 35.1 Å². The van der Waals surface area contributed by atoms with Crippen molar-refractivity contribution in [1.29, 1.82) is 0 Å². The molecule has 2 aromatic heterocycles. The lowest BCUT2D eigenvalue weighted by Crippen LogP contribution is -2.54. The number of nitrogens with zero attached hydrogens (tertiary/aromatic N) is 4. The molecule has 2 saturated heterocycles. The van der Waals surface area contributed by atoms with Crippen molar-refractivity contribution in [2.45, 2.75) is 50.1 Å². The third-order valence-corrected chi connectivity index (χ3v) is 8.19. The van der Waals surface area contributed by atoms with Crippen LogP contribution >= 0.6 is 0 Å². The molecule has 0 saturated carbocycles. The zero-order valence-electron chi connectivity index (χ0n) is 22.2. The molecule has 2 fully saturated rings. The first-order valence-corrected chi connectivity index (χ1v) is 13.7. The molecule has 0 spiro atoms. The minimum absolute atomic E-state index is 0.0217. The first-order chi connectivity index (χ1) is 19.1. The normalized spacial score (nSPS) is 21.7. The van der Waals surface area contributed by atoms with E-state index in [0.717, 1.165) is 79.0 Å². The first-order valence-electron chi connectivity index (χ1n) is 13.7. The highest BCUT2D eigenvalue weighted by Gasteiger charge is 2.33. The minimum Gasteiger partial charge on any atom is -0.457 e. The van der Waals surface area contributed by atoms with Gasteiger partial charge in [0.15, 0.2) is 6.29 Å². The molecule has 3 unspecified atom stereocenters. The molecule has 204 valence electrons. The maximum Gasteiger partial charge on any atom is 0.169 e. The molecule has 4 aromatic rings. The second-order valence-electron chi connectivity index (χ2n) is 10.5. The van der Waals surface area contributed by atoms with Crippen molar-refractivity contribution in [3.05, 3.63) is 67.1 Å². The van der Waals surface area contributed by atoms with Gasteiger partial charge >= 0.3 is 0 Å². The summed E-state index contributed by atoms with van der Waals surface area (Å²) in [7, 11) is 1.56. The van der Waals surface area contributed by atoms with Gasteiger partial charge in [-0.05, 0) is 62.1 Å². The lowest BCUT2D eigenvalue weighted by Gasteiger charge is -2.42. The van der Waals surface area contributed by atoms with Crippen LogP contribution in [0.4, 0.5) is 5.82 Å². The molecular formula is C30H36N6O3. The third-order valence-electron chi connectivity index (χ3n) is 8.19. The highest BCUT2D eigenvalue weighted by atomic mass is 16.6. The van der Waals surface area contributed by atoms with Gasteiger partial charge in [0.2, 0.25) is 0 Å². The molecule has 0 amide bonds. The van der Waals surface area contributed by atoms with Crippen molar-refractivity contribution in [3.8, 4) is 22.6 Å². The van der Waals surface area contributed by atoms with E-state index < -0.39 is 6.29 Å². The topological polar surface area (TPSA) is 111 Å². The summed E-state index contributed by atoms with van der Waals surface area (Å²) in [6.07, 6.45) is 7.01. The fourth-order valence-corrected chi connectivity index (χ4v) is 6.10. The maximum absolute atomic E-state index is 10.2. The monoisotopic (exact) mass is 528 g/mol. The van der Waals surface area contributed by atoms with Gasteiger partial charge in [-0.2, -0.15) is 0 Å². The van der Waals surface area contributed by atoms with E-state index in [9.17, 15) is 5.11 Å². The summed E-state index contributed by atoms with van der Waals surface area (Å²) in [5.74, 6) is 2.08. The van der Waals surface area contributed by atoms with Crippen LogP contribution in [0.2, 0.25) is 0 Å². The summed E-state index contributed by atoms with van der Waals surface area (Å²) < 4.78 is 13.4. The van der Waals surface area contributed by atoms with Gasteiger partial charge in [0.25, 0.3) is 0 Å². The number of aromatic nitrogens is 3. The molecule has 6 rings (SSSR count). The Bertz CT molecular complexity index is 1390. The standard InChI is InChI=1S/C30H36N6O3/c1-38-30(37)26-17-22(11-14-32-26)35-15-12-21(13-16-35)36-18-25(27-28(31)33-19-34-29(27)36)20-7-9-24(10-8-20)39-23-5-3-2-4-6-23/h2-10,18-19,21-22,26,30,32,37H,11-17H2,1H3,(H2,31,33,34). The Kier molecular flexibility index (Phi) is 7.47. The smallest absolute Gasteiger partial charge is 0.169 e. The van der Waals surface area contributed by atoms with Crippen LogP contribution in [0.3, 0.4) is 0 Å². The second kappa shape index (κ2) is 11.3. The Balaban J connectivity index is 1.20. The summed E-state index contributed by atoms with van der Waals surface area (Å²) in [6, 6.07) is 18.6. The number of nitrogens with one attached hydrogen (secondary N) is 1. The van der Waals surface area contributed by atoms with Crippen LogP contribution in [-0.2, 0) is 4.74 Å². The molecule has 0 bridgehead atoms. The summed E-state index contributed by atoms with van der Waals surface area (Å²) >= 11 is 0. The minimum atomic E-state index is -0.765. The van der Waals surface area contributed by atoms with E-state index >= 15 is 0 Å². The predicted molar refractivity (Wildman–Crippen MR) is 152 cm³/mol. The number of nitrogens with two attached hydrogens (primary N) is 1. The van der Waals surface area contributed by atoms with E-state index in [4.69, 9.17) is 15.2 Å². The van der Waals surface area contributed by atoms with Gasteiger partial charge in [-0.3, -0.25) is 0 Å². The SMILES string of the molecule is COC(O)C1CC(N2CCC(n3cc(-c4ccc(Oc5ccccc5)cc4)c4c(N)ncnc43)CC2)CCN1. The summed E-state index contributed by atoms with van der Waals surface area (Å²) in [6.45, 7) is 2.91. The molecule has 39 heavy (non-hydrogen) atoms. The molecule has 2 aliphatic heterocycles.